The van der Waals surface area contributed by atoms with Crippen molar-refractivity contribution < 1.29 is 0 Å². The Bertz CT molecular complexity index is 319. The van der Waals surface area contributed by atoms with Gasteiger partial charge in [-0.1, -0.05) is 26.8 Å². The van der Waals surface area contributed by atoms with Gasteiger partial charge < -0.3 is 5.73 Å². The highest BCUT2D eigenvalue weighted by atomic mass is 15.2. The fourth-order valence-electron chi connectivity index (χ4n) is 2.12. The monoisotopic (exact) mass is 235 g/mol. The molecule has 0 aromatic carbocycles. The first-order valence-corrected chi connectivity index (χ1v) is 6.45. The summed E-state index contributed by atoms with van der Waals surface area (Å²) in [6.07, 6.45) is 1.95. The lowest BCUT2D eigenvalue weighted by atomic mass is 10.1. The molecule has 1 rings (SSSR count). The van der Waals surface area contributed by atoms with E-state index < -0.39 is 0 Å². The molecular formula is C14H25N3. The summed E-state index contributed by atoms with van der Waals surface area (Å²) in [6, 6.07) is 4.49. The first-order chi connectivity index (χ1) is 8.08. The number of rotatable bonds is 6. The fraction of sp³-hybridized carbons (Fsp3) is 0.643. The Morgan fingerprint density at radius 2 is 2.06 bits per heavy atom. The average Bonchev–Trinajstić information content (AvgIpc) is 2.30. The Balaban J connectivity index is 2.84. The van der Waals surface area contributed by atoms with E-state index in [4.69, 9.17) is 5.73 Å². The van der Waals surface area contributed by atoms with Crippen LogP contribution in [0.1, 0.15) is 38.1 Å². The predicted octanol–water partition coefficient (Wildman–Crippen LogP) is 2.37. The molecule has 0 radical (unpaired) electrons. The summed E-state index contributed by atoms with van der Waals surface area (Å²) in [4.78, 5) is 6.79. The van der Waals surface area contributed by atoms with E-state index in [1.165, 1.54) is 5.56 Å². The van der Waals surface area contributed by atoms with E-state index in [1.807, 2.05) is 13.1 Å². The molecule has 0 amide bonds. The van der Waals surface area contributed by atoms with E-state index in [0.717, 1.165) is 18.8 Å². The van der Waals surface area contributed by atoms with E-state index in [-0.39, 0.29) is 6.04 Å². The standard InChI is InChI=1S/C14H25N3/c1-5-17(10-11(2)3)14(8-15)13-7-6-12(4)16-9-13/h6-7,9,11,14H,5,8,10,15H2,1-4H3. The van der Waals surface area contributed by atoms with Crippen LogP contribution in [0.3, 0.4) is 0 Å². The second kappa shape index (κ2) is 6.72. The van der Waals surface area contributed by atoms with Gasteiger partial charge >= 0.3 is 0 Å². The molecule has 0 saturated carbocycles. The van der Waals surface area contributed by atoms with Crippen LogP contribution in [0.5, 0.6) is 0 Å². The van der Waals surface area contributed by atoms with Crippen LogP contribution in [0.15, 0.2) is 18.3 Å². The van der Waals surface area contributed by atoms with Gasteiger partial charge in [0.2, 0.25) is 0 Å². The zero-order chi connectivity index (χ0) is 12.8. The Morgan fingerprint density at radius 1 is 1.35 bits per heavy atom. The van der Waals surface area contributed by atoms with Gasteiger partial charge in [-0.3, -0.25) is 9.88 Å². The Hall–Kier alpha value is -0.930. The van der Waals surface area contributed by atoms with Gasteiger partial charge in [0.1, 0.15) is 0 Å². The molecule has 1 aromatic rings. The van der Waals surface area contributed by atoms with Gasteiger partial charge in [0, 0.05) is 31.0 Å². The van der Waals surface area contributed by atoms with Crippen molar-refractivity contribution in [2.75, 3.05) is 19.6 Å². The van der Waals surface area contributed by atoms with Crippen LogP contribution < -0.4 is 5.73 Å². The number of pyridine rings is 1. The van der Waals surface area contributed by atoms with Crippen LogP contribution in [0.25, 0.3) is 0 Å². The van der Waals surface area contributed by atoms with Gasteiger partial charge in [0.15, 0.2) is 0 Å². The highest BCUT2D eigenvalue weighted by molar-refractivity contribution is 5.17. The second-order valence-corrected chi connectivity index (χ2v) is 4.97. The number of hydrogen-bond acceptors (Lipinski definition) is 3. The Labute approximate surface area is 105 Å². The van der Waals surface area contributed by atoms with Crippen LogP contribution >= 0.6 is 0 Å². The average molecular weight is 235 g/mol. The second-order valence-electron chi connectivity index (χ2n) is 4.97. The predicted molar refractivity (Wildman–Crippen MR) is 72.9 cm³/mol. The van der Waals surface area contributed by atoms with Crippen molar-refractivity contribution >= 4 is 0 Å². The molecule has 0 saturated heterocycles. The van der Waals surface area contributed by atoms with Crippen LogP contribution in [-0.2, 0) is 0 Å². The first kappa shape index (κ1) is 14.1. The summed E-state index contributed by atoms with van der Waals surface area (Å²) in [5, 5.41) is 0. The number of aromatic nitrogens is 1. The van der Waals surface area contributed by atoms with Crippen LogP contribution in [-0.4, -0.2) is 29.5 Å². The summed E-state index contributed by atoms with van der Waals surface area (Å²) in [5.41, 5.74) is 8.20. The van der Waals surface area contributed by atoms with Gasteiger partial charge in [-0.15, -0.1) is 0 Å². The first-order valence-electron chi connectivity index (χ1n) is 6.45. The van der Waals surface area contributed by atoms with E-state index in [9.17, 15) is 0 Å². The minimum absolute atomic E-state index is 0.287. The molecule has 3 heteroatoms. The van der Waals surface area contributed by atoms with Crippen molar-refractivity contribution in [1.29, 1.82) is 0 Å². The number of hydrogen-bond donors (Lipinski definition) is 1. The molecule has 17 heavy (non-hydrogen) atoms. The van der Waals surface area contributed by atoms with Gasteiger partial charge in [-0.2, -0.15) is 0 Å². The fourth-order valence-corrected chi connectivity index (χ4v) is 2.12. The van der Waals surface area contributed by atoms with E-state index in [2.05, 4.69) is 42.8 Å². The van der Waals surface area contributed by atoms with Crippen molar-refractivity contribution in [3.8, 4) is 0 Å². The van der Waals surface area contributed by atoms with Crippen molar-refractivity contribution in [2.45, 2.75) is 33.7 Å². The molecule has 1 unspecified atom stereocenters. The van der Waals surface area contributed by atoms with Crippen molar-refractivity contribution in [2.24, 2.45) is 11.7 Å². The maximum atomic E-state index is 5.93. The summed E-state index contributed by atoms with van der Waals surface area (Å²) >= 11 is 0. The highest BCUT2D eigenvalue weighted by Gasteiger charge is 2.18. The normalized spacial score (nSPS) is 13.4. The molecule has 0 bridgehead atoms. The topological polar surface area (TPSA) is 42.1 Å². The SMILES string of the molecule is CCN(CC(C)C)C(CN)c1ccc(C)nc1. The van der Waals surface area contributed by atoms with Crippen LogP contribution in [0.2, 0.25) is 0 Å². The Morgan fingerprint density at radius 3 is 2.47 bits per heavy atom. The van der Waals surface area contributed by atoms with Gasteiger partial charge in [-0.25, -0.2) is 0 Å². The summed E-state index contributed by atoms with van der Waals surface area (Å²) in [6.45, 7) is 11.4. The zero-order valence-corrected chi connectivity index (χ0v) is 11.5. The number of aryl methyl sites for hydroxylation is 1. The molecule has 1 atom stereocenters. The van der Waals surface area contributed by atoms with E-state index in [1.54, 1.807) is 0 Å². The van der Waals surface area contributed by atoms with Crippen molar-refractivity contribution in [3.63, 3.8) is 0 Å². The van der Waals surface area contributed by atoms with Gasteiger partial charge in [0.25, 0.3) is 0 Å². The molecule has 0 fully saturated rings. The minimum Gasteiger partial charge on any atom is -0.329 e. The molecule has 96 valence electrons. The van der Waals surface area contributed by atoms with E-state index in [0.29, 0.717) is 12.5 Å². The minimum atomic E-state index is 0.287. The van der Waals surface area contributed by atoms with Crippen molar-refractivity contribution in [3.05, 3.63) is 29.6 Å². The highest BCUT2D eigenvalue weighted by Crippen LogP contribution is 2.20. The lowest BCUT2D eigenvalue weighted by molar-refractivity contribution is 0.189. The summed E-state index contributed by atoms with van der Waals surface area (Å²) in [7, 11) is 0. The molecular weight excluding hydrogens is 210 g/mol. The maximum absolute atomic E-state index is 5.93. The van der Waals surface area contributed by atoms with E-state index >= 15 is 0 Å². The molecule has 1 aromatic heterocycles. The molecule has 0 spiro atoms. The molecule has 0 aliphatic heterocycles. The van der Waals surface area contributed by atoms with Crippen LogP contribution in [0, 0.1) is 12.8 Å². The van der Waals surface area contributed by atoms with Gasteiger partial charge in [-0.05, 0) is 31.0 Å². The molecule has 2 N–H and O–H groups in total. The van der Waals surface area contributed by atoms with Gasteiger partial charge in [0.05, 0.1) is 0 Å². The maximum Gasteiger partial charge on any atom is 0.0485 e. The third-order valence-corrected chi connectivity index (χ3v) is 2.99. The molecule has 1 heterocycles. The third kappa shape index (κ3) is 4.10. The summed E-state index contributed by atoms with van der Waals surface area (Å²) < 4.78 is 0. The third-order valence-electron chi connectivity index (χ3n) is 2.99. The number of nitrogens with zero attached hydrogens (tertiary/aromatic N) is 2. The zero-order valence-electron chi connectivity index (χ0n) is 11.5. The smallest absolute Gasteiger partial charge is 0.0485 e. The molecule has 0 aliphatic carbocycles. The number of likely N-dealkylation sites (N-methyl/N-ethyl adjacent to an activating group) is 1. The van der Waals surface area contributed by atoms with Crippen molar-refractivity contribution in [1.82, 2.24) is 9.88 Å². The largest absolute Gasteiger partial charge is 0.329 e. The number of nitrogens with two attached hydrogens (primary N) is 1. The lowest BCUT2D eigenvalue weighted by Gasteiger charge is -2.31. The molecule has 3 nitrogen and oxygen atoms in total. The summed E-state index contributed by atoms with van der Waals surface area (Å²) in [5.74, 6) is 0.655. The van der Waals surface area contributed by atoms with Crippen LogP contribution in [0.4, 0.5) is 0 Å². The quantitative estimate of drug-likeness (QED) is 0.823. The molecule has 0 aliphatic rings. The lowest BCUT2D eigenvalue weighted by Crippen LogP contribution is -2.36. The Kier molecular flexibility index (Phi) is 5.59.